The largest absolute Gasteiger partial charge is 0.458 e. The number of aromatic nitrogens is 4. The molecule has 1 aliphatic carbocycles. The molecule has 0 saturated carbocycles. The fourth-order valence-electron chi connectivity index (χ4n) is 14.8. The van der Waals surface area contributed by atoms with Crippen LogP contribution in [0.5, 0.6) is 46.0 Å². The molecule has 0 unspecified atom stereocenters. The number of ether oxygens (including phenoxy) is 4. The average Bonchev–Trinajstić information content (AvgIpc) is 4.13. The Labute approximate surface area is 430 Å². The summed E-state index contributed by atoms with van der Waals surface area (Å²) in [5.74, 6) is 8.17. The number of para-hydroxylation sites is 2. The van der Waals surface area contributed by atoms with E-state index in [4.69, 9.17) is 33.9 Å². The van der Waals surface area contributed by atoms with Crippen LogP contribution in [0, 0.1) is 0 Å². The Balaban J connectivity index is 0.872. The van der Waals surface area contributed by atoms with Crippen LogP contribution < -0.4 is 72.5 Å². The highest BCUT2D eigenvalue weighted by Crippen LogP contribution is 2.49. The Bertz CT molecular complexity index is 4490. The zero-order chi connectivity index (χ0) is 48.4. The maximum atomic E-state index is 7.54. The lowest BCUT2D eigenvalue weighted by atomic mass is 9.34. The van der Waals surface area contributed by atoms with E-state index in [1.165, 1.54) is 64.9 Å². The molecule has 0 fully saturated rings. The van der Waals surface area contributed by atoms with Gasteiger partial charge in [0.05, 0.1) is 22.5 Å². The van der Waals surface area contributed by atoms with E-state index in [9.17, 15) is 0 Å². The smallest absolute Gasteiger partial charge is 0.260 e. The fraction of sp³-hybridized carbons (Fsp3) is 0.0156. The molecule has 1 spiro atoms. The summed E-state index contributed by atoms with van der Waals surface area (Å²) in [6.45, 7) is -0.228. The number of benzene rings is 10. The van der Waals surface area contributed by atoms with Gasteiger partial charge in [0.25, 0.3) is 13.4 Å². The predicted molar refractivity (Wildman–Crippen MR) is 299 cm³/mol. The maximum Gasteiger partial charge on any atom is 0.260 e. The molecule has 2 aromatic heterocycles. The third kappa shape index (κ3) is 4.63. The average molecular weight is 973 g/mol. The molecule has 0 radical (unpaired) electrons. The van der Waals surface area contributed by atoms with Crippen molar-refractivity contribution in [2.75, 3.05) is 0 Å². The summed E-state index contributed by atoms with van der Waals surface area (Å²) in [5.41, 5.74) is 14.5. The lowest BCUT2D eigenvalue weighted by Gasteiger charge is -2.51. The lowest BCUT2D eigenvalue weighted by molar-refractivity contribution is 0.464. The van der Waals surface area contributed by atoms with Crippen molar-refractivity contribution < 1.29 is 18.9 Å². The van der Waals surface area contributed by atoms with Gasteiger partial charge in [-0.2, -0.15) is 9.97 Å². The Morgan fingerprint density at radius 3 is 1.35 bits per heavy atom. The zero-order valence-electron chi connectivity index (χ0n) is 39.7. The molecule has 0 N–H and O–H groups in total. The number of hydrogen-bond donors (Lipinski definition) is 0. The molecule has 6 aliphatic heterocycles. The molecule has 0 saturated heterocycles. The second-order valence-corrected chi connectivity index (χ2v) is 24.4. The Morgan fingerprint density at radius 2 is 0.800 bits per heavy atom. The van der Waals surface area contributed by atoms with Crippen molar-refractivity contribution in [3.05, 3.63) is 217 Å². The van der Waals surface area contributed by atoms with Crippen LogP contribution >= 0.6 is 0 Å². The molecule has 0 atom stereocenters. The van der Waals surface area contributed by atoms with Crippen molar-refractivity contribution in [2.24, 2.45) is 0 Å². The van der Waals surface area contributed by atoms with E-state index in [-0.39, 0.29) is 19.3 Å². The summed E-state index contributed by atoms with van der Waals surface area (Å²) in [5, 5.41) is 7.53. The van der Waals surface area contributed by atoms with Gasteiger partial charge in [-0.3, -0.25) is 4.57 Å². The van der Waals surface area contributed by atoms with E-state index in [2.05, 4.69) is 199 Å². The van der Waals surface area contributed by atoms with Crippen molar-refractivity contribution in [3.63, 3.8) is 0 Å². The van der Waals surface area contributed by atoms with Crippen molar-refractivity contribution in [1.29, 1.82) is 0 Å². The first-order valence-electron chi connectivity index (χ1n) is 25.7. The Hall–Kier alpha value is -9.44. The van der Waals surface area contributed by atoms with Crippen molar-refractivity contribution in [2.45, 2.75) is 5.92 Å². The molecule has 10 aromatic carbocycles. The van der Waals surface area contributed by atoms with Crippen molar-refractivity contribution >= 4 is 96.8 Å². The van der Waals surface area contributed by atoms with Gasteiger partial charge < -0.3 is 18.9 Å². The number of fused-ring (bicyclic) bond motifs is 10. The van der Waals surface area contributed by atoms with E-state index >= 15 is 0 Å². The summed E-state index contributed by atoms with van der Waals surface area (Å²) < 4.78 is 30.7. The van der Waals surface area contributed by atoms with E-state index in [1.807, 2.05) is 6.07 Å². The van der Waals surface area contributed by atoms with Crippen LogP contribution in [0.4, 0.5) is 0 Å². The molecular weight excluding hydrogens is 938 g/mol. The monoisotopic (exact) mass is 972 g/mol. The highest BCUT2D eigenvalue weighted by Gasteiger charge is 2.61. The molecule has 8 heterocycles. The molecule has 19 rings (SSSR count). The fourth-order valence-corrected chi connectivity index (χ4v) is 20.6. The Kier molecular flexibility index (Phi) is 7.09. The van der Waals surface area contributed by atoms with E-state index in [0.717, 1.165) is 78.5 Å². The molecule has 11 heteroatoms. The van der Waals surface area contributed by atoms with Gasteiger partial charge in [0, 0.05) is 21.7 Å². The highest BCUT2D eigenvalue weighted by atomic mass is 28.3. The van der Waals surface area contributed by atoms with Crippen LogP contribution in [-0.4, -0.2) is 41.0 Å². The van der Waals surface area contributed by atoms with Crippen LogP contribution in [0.25, 0.3) is 50.3 Å². The van der Waals surface area contributed by atoms with E-state index < -0.39 is 8.07 Å². The van der Waals surface area contributed by atoms with Crippen LogP contribution in [0.1, 0.15) is 22.9 Å². The van der Waals surface area contributed by atoms with Gasteiger partial charge in [0.15, 0.2) is 13.9 Å². The lowest BCUT2D eigenvalue weighted by Crippen LogP contribution is -2.94. The standard InChI is InChI=1S/C64H34B2N4O4Si/c1-3-18-38-34(14-1)35-15-2-4-19-39(35)54(38)63-67-62(68-64(69-63)70-41-20-7-5-16-36(41)37-17-6-8-21-42(37)70)40-32-33-49-60-61(40)74-48-27-13-31-53-59(48)66(60)58-47(73-49)26-12-30-52(58)75(53)50-28-10-24-45-56(50)65-55-43(71-45)22-9-23-44(55)72-46-25-11-29-51(75)57(46)65/h1-33,54H. The zero-order valence-corrected chi connectivity index (χ0v) is 40.7. The first-order valence-corrected chi connectivity index (χ1v) is 27.7. The highest BCUT2D eigenvalue weighted by molar-refractivity contribution is 7.31. The third-order valence-corrected chi connectivity index (χ3v) is 22.4. The van der Waals surface area contributed by atoms with Gasteiger partial charge in [-0.1, -0.05) is 140 Å². The van der Waals surface area contributed by atoms with E-state index in [1.54, 1.807) is 0 Å². The van der Waals surface area contributed by atoms with Gasteiger partial charge in [-0.25, -0.2) is 4.98 Å². The van der Waals surface area contributed by atoms with Gasteiger partial charge >= 0.3 is 0 Å². The maximum absolute atomic E-state index is 7.54. The second kappa shape index (κ2) is 13.6. The molecule has 0 bridgehead atoms. The molecule has 0 amide bonds. The predicted octanol–water partition coefficient (Wildman–Crippen LogP) is 7.26. The van der Waals surface area contributed by atoms with Gasteiger partial charge in [0.1, 0.15) is 51.8 Å². The number of nitrogens with zero attached hydrogens (tertiary/aromatic N) is 4. The summed E-state index contributed by atoms with van der Waals surface area (Å²) >= 11 is 0. The third-order valence-electron chi connectivity index (χ3n) is 17.4. The van der Waals surface area contributed by atoms with Gasteiger partial charge in [0.2, 0.25) is 5.95 Å². The van der Waals surface area contributed by atoms with Crippen LogP contribution in [0.2, 0.25) is 0 Å². The molecule has 75 heavy (non-hydrogen) atoms. The first kappa shape index (κ1) is 39.1. The van der Waals surface area contributed by atoms with Crippen LogP contribution in [-0.2, 0) is 0 Å². The minimum Gasteiger partial charge on any atom is -0.458 e. The van der Waals surface area contributed by atoms with Crippen molar-refractivity contribution in [1.82, 2.24) is 19.5 Å². The molecule has 12 aromatic rings. The van der Waals surface area contributed by atoms with Crippen LogP contribution in [0.15, 0.2) is 200 Å². The minimum atomic E-state index is -3.21. The summed E-state index contributed by atoms with van der Waals surface area (Å²) in [6.07, 6.45) is 0. The van der Waals surface area contributed by atoms with Gasteiger partial charge in [-0.15, -0.1) is 0 Å². The Morgan fingerprint density at radius 1 is 0.360 bits per heavy atom. The minimum absolute atomic E-state index is 0.0303. The van der Waals surface area contributed by atoms with Crippen molar-refractivity contribution in [3.8, 4) is 74.5 Å². The summed E-state index contributed by atoms with van der Waals surface area (Å²) in [4.78, 5) is 16.7. The topological polar surface area (TPSA) is 80.5 Å². The number of hydrogen-bond acceptors (Lipinski definition) is 7. The molecular formula is C64H34B2N4O4Si. The van der Waals surface area contributed by atoms with Gasteiger partial charge in [-0.05, 0) is 126 Å². The molecule has 344 valence electrons. The normalized spacial score (nSPS) is 15.1. The van der Waals surface area contributed by atoms with Crippen LogP contribution in [0.3, 0.4) is 0 Å². The SMILES string of the molecule is c1cc2c3c(c1)Oc1cccc4c1B3c1c(cccc1[Si]41c3cccc4c3B3c5c(cccc51)Oc1c(-c5nc(C6c7ccccc7-c7ccccc76)nc(-n6c7ccccc7c7ccccc76)n5)ccc(c13)O4)O2. The first-order chi connectivity index (χ1) is 37.2. The second-order valence-electron chi connectivity index (χ2n) is 20.7. The molecule has 7 aliphatic rings. The quantitative estimate of drug-likeness (QED) is 0.173. The summed E-state index contributed by atoms with van der Waals surface area (Å²) in [7, 11) is -3.21. The van der Waals surface area contributed by atoms with E-state index in [0.29, 0.717) is 23.3 Å². The number of rotatable bonds is 3. The summed E-state index contributed by atoms with van der Waals surface area (Å²) in [6, 6.07) is 71.6. The molecule has 8 nitrogen and oxygen atoms in total.